The van der Waals surface area contributed by atoms with E-state index in [0.29, 0.717) is 23.2 Å². The van der Waals surface area contributed by atoms with Crippen LogP contribution >= 0.6 is 15.9 Å². The van der Waals surface area contributed by atoms with Gasteiger partial charge in [-0.25, -0.2) is 4.39 Å². The van der Waals surface area contributed by atoms with Gasteiger partial charge in [0, 0.05) is 4.47 Å². The fraction of sp³-hybridized carbons (Fsp3) is 0.105. The van der Waals surface area contributed by atoms with Gasteiger partial charge in [-0.1, -0.05) is 30.3 Å². The van der Waals surface area contributed by atoms with Crippen LogP contribution in [-0.2, 0) is 0 Å². The molecule has 0 bridgehead atoms. The summed E-state index contributed by atoms with van der Waals surface area (Å²) in [6.45, 7) is 0.707. The molecule has 1 N–H and O–H groups in total. The lowest BCUT2D eigenvalue weighted by molar-refractivity contribution is 0.0946. The fourth-order valence-electron chi connectivity index (χ4n) is 2.36. The second kappa shape index (κ2) is 7.45. The van der Waals surface area contributed by atoms with Crippen LogP contribution in [0.15, 0.2) is 65.1 Å². The molecule has 3 aromatic rings. The lowest BCUT2D eigenvalue weighted by Gasteiger charge is -2.09. The molecule has 0 saturated carbocycles. The molecule has 0 unspecified atom stereocenters. The van der Waals surface area contributed by atoms with E-state index in [9.17, 15) is 9.18 Å². The molecule has 3 nitrogen and oxygen atoms in total. The van der Waals surface area contributed by atoms with Gasteiger partial charge in [-0.3, -0.25) is 4.79 Å². The van der Waals surface area contributed by atoms with E-state index >= 15 is 0 Å². The van der Waals surface area contributed by atoms with E-state index in [1.54, 1.807) is 0 Å². The second-order valence-corrected chi connectivity index (χ2v) is 6.09. The molecule has 0 atom stereocenters. The number of fused-ring (bicyclic) bond motifs is 1. The zero-order chi connectivity index (χ0) is 16.9. The van der Waals surface area contributed by atoms with Crippen molar-refractivity contribution in [3.8, 4) is 5.75 Å². The van der Waals surface area contributed by atoms with E-state index in [-0.39, 0.29) is 5.91 Å². The molecular weight excluding hydrogens is 373 g/mol. The van der Waals surface area contributed by atoms with Gasteiger partial charge >= 0.3 is 0 Å². The topological polar surface area (TPSA) is 38.3 Å². The maximum Gasteiger partial charge on any atom is 0.252 e. The molecule has 3 aromatic carbocycles. The van der Waals surface area contributed by atoms with Crippen molar-refractivity contribution in [3.63, 3.8) is 0 Å². The highest BCUT2D eigenvalue weighted by Gasteiger charge is 2.10. The van der Waals surface area contributed by atoms with Crippen molar-refractivity contribution in [1.82, 2.24) is 5.32 Å². The van der Waals surface area contributed by atoms with Crippen molar-refractivity contribution in [1.29, 1.82) is 0 Å². The number of nitrogens with one attached hydrogen (secondary N) is 1. The predicted molar refractivity (Wildman–Crippen MR) is 95.9 cm³/mol. The molecule has 0 radical (unpaired) electrons. The Bertz CT molecular complexity index is 882. The van der Waals surface area contributed by atoms with Crippen LogP contribution in [0.3, 0.4) is 0 Å². The van der Waals surface area contributed by atoms with E-state index in [4.69, 9.17) is 4.74 Å². The zero-order valence-electron chi connectivity index (χ0n) is 12.8. The first-order valence-electron chi connectivity index (χ1n) is 7.48. The van der Waals surface area contributed by atoms with Crippen LogP contribution in [0.2, 0.25) is 0 Å². The van der Waals surface area contributed by atoms with E-state index in [0.717, 1.165) is 16.5 Å². The molecule has 1 amide bonds. The van der Waals surface area contributed by atoms with Crippen LogP contribution in [-0.4, -0.2) is 19.1 Å². The Kier molecular flexibility index (Phi) is 5.11. The molecule has 122 valence electrons. The molecule has 0 aliphatic carbocycles. The average Bonchev–Trinajstić information content (AvgIpc) is 2.58. The standard InChI is InChI=1S/C19H15BrFNO2/c20-18-12-15(21)6-8-17(18)19(23)22-9-10-24-16-7-5-13-3-1-2-4-14(13)11-16/h1-8,11-12H,9-10H2,(H,22,23). The Labute approximate surface area is 147 Å². The Morgan fingerprint density at radius 1 is 1.04 bits per heavy atom. The molecular formula is C19H15BrFNO2. The number of amides is 1. The molecule has 3 rings (SSSR count). The Morgan fingerprint density at radius 3 is 2.62 bits per heavy atom. The molecule has 0 spiro atoms. The number of hydrogen-bond acceptors (Lipinski definition) is 2. The number of ether oxygens (including phenoxy) is 1. The van der Waals surface area contributed by atoms with Crippen molar-refractivity contribution >= 4 is 32.6 Å². The molecule has 0 aromatic heterocycles. The van der Waals surface area contributed by atoms with Crippen LogP contribution < -0.4 is 10.1 Å². The summed E-state index contributed by atoms with van der Waals surface area (Å²) in [6, 6.07) is 17.9. The summed E-state index contributed by atoms with van der Waals surface area (Å²) in [7, 11) is 0. The first-order chi connectivity index (χ1) is 11.6. The van der Waals surface area contributed by atoms with Gasteiger partial charge in [0.1, 0.15) is 18.2 Å². The van der Waals surface area contributed by atoms with Gasteiger partial charge in [-0.15, -0.1) is 0 Å². The third kappa shape index (κ3) is 3.92. The molecule has 0 fully saturated rings. The van der Waals surface area contributed by atoms with Crippen LogP contribution in [0.1, 0.15) is 10.4 Å². The first kappa shape index (κ1) is 16.5. The summed E-state index contributed by atoms with van der Waals surface area (Å²) in [5.41, 5.74) is 0.391. The van der Waals surface area contributed by atoms with Gasteiger partial charge in [0.25, 0.3) is 5.91 Å². The first-order valence-corrected chi connectivity index (χ1v) is 8.27. The Morgan fingerprint density at radius 2 is 1.83 bits per heavy atom. The van der Waals surface area contributed by atoms with Gasteiger partial charge in [0.2, 0.25) is 0 Å². The van der Waals surface area contributed by atoms with Crippen molar-refractivity contribution in [2.24, 2.45) is 0 Å². The van der Waals surface area contributed by atoms with Gasteiger partial charge < -0.3 is 10.1 Å². The highest BCUT2D eigenvalue weighted by molar-refractivity contribution is 9.10. The smallest absolute Gasteiger partial charge is 0.252 e. The summed E-state index contributed by atoms with van der Waals surface area (Å²) in [5, 5.41) is 5.01. The van der Waals surface area contributed by atoms with Crippen molar-refractivity contribution in [2.45, 2.75) is 0 Å². The van der Waals surface area contributed by atoms with E-state index < -0.39 is 5.82 Å². The summed E-state index contributed by atoms with van der Waals surface area (Å²) in [6.07, 6.45) is 0. The fourth-order valence-corrected chi connectivity index (χ4v) is 2.89. The van der Waals surface area contributed by atoms with Crippen LogP contribution in [0.25, 0.3) is 10.8 Å². The maximum atomic E-state index is 13.0. The van der Waals surface area contributed by atoms with Gasteiger partial charge in [-0.2, -0.15) is 0 Å². The molecule has 0 aliphatic heterocycles. The maximum absolute atomic E-state index is 13.0. The quantitative estimate of drug-likeness (QED) is 0.652. The van der Waals surface area contributed by atoms with Crippen molar-refractivity contribution in [2.75, 3.05) is 13.2 Å². The molecule has 24 heavy (non-hydrogen) atoms. The van der Waals surface area contributed by atoms with Crippen LogP contribution in [0, 0.1) is 5.82 Å². The number of hydrogen-bond donors (Lipinski definition) is 1. The van der Waals surface area contributed by atoms with E-state index in [2.05, 4.69) is 21.2 Å². The van der Waals surface area contributed by atoms with E-state index in [1.807, 2.05) is 42.5 Å². The number of carbonyl (C=O) groups is 1. The average molecular weight is 388 g/mol. The number of halogens is 2. The largest absolute Gasteiger partial charge is 0.492 e. The third-order valence-electron chi connectivity index (χ3n) is 3.55. The van der Waals surface area contributed by atoms with E-state index in [1.165, 1.54) is 18.2 Å². The lowest BCUT2D eigenvalue weighted by Crippen LogP contribution is -2.28. The van der Waals surface area contributed by atoms with Crippen molar-refractivity contribution < 1.29 is 13.9 Å². The zero-order valence-corrected chi connectivity index (χ0v) is 14.3. The third-order valence-corrected chi connectivity index (χ3v) is 4.21. The number of rotatable bonds is 5. The van der Waals surface area contributed by atoms with Crippen molar-refractivity contribution in [3.05, 3.63) is 76.5 Å². The number of carbonyl (C=O) groups excluding carboxylic acids is 1. The summed E-state index contributed by atoms with van der Waals surface area (Å²) < 4.78 is 19.1. The lowest BCUT2D eigenvalue weighted by atomic mass is 10.1. The SMILES string of the molecule is O=C(NCCOc1ccc2ccccc2c1)c1ccc(F)cc1Br. The molecule has 0 heterocycles. The summed E-state index contributed by atoms with van der Waals surface area (Å²) >= 11 is 3.18. The molecule has 5 heteroatoms. The summed E-state index contributed by atoms with van der Waals surface area (Å²) in [4.78, 5) is 12.0. The van der Waals surface area contributed by atoms with Gasteiger partial charge in [0.05, 0.1) is 12.1 Å². The minimum atomic E-state index is -0.391. The Balaban J connectivity index is 1.53. The van der Waals surface area contributed by atoms with Crippen LogP contribution in [0.4, 0.5) is 4.39 Å². The Hall–Kier alpha value is -2.40. The highest BCUT2D eigenvalue weighted by atomic mass is 79.9. The van der Waals surface area contributed by atoms with Gasteiger partial charge in [0.15, 0.2) is 0 Å². The minimum absolute atomic E-state index is 0.274. The monoisotopic (exact) mass is 387 g/mol. The molecule has 0 saturated heterocycles. The minimum Gasteiger partial charge on any atom is -0.492 e. The number of benzene rings is 3. The van der Waals surface area contributed by atoms with Crippen LogP contribution in [0.5, 0.6) is 5.75 Å². The predicted octanol–water partition coefficient (Wildman–Crippen LogP) is 4.55. The molecule has 0 aliphatic rings. The normalized spacial score (nSPS) is 10.6. The van der Waals surface area contributed by atoms with Gasteiger partial charge in [-0.05, 0) is 57.0 Å². The second-order valence-electron chi connectivity index (χ2n) is 5.24. The summed E-state index contributed by atoms with van der Waals surface area (Å²) in [5.74, 6) is 0.0907. The highest BCUT2D eigenvalue weighted by Crippen LogP contribution is 2.20.